The molecule has 0 fully saturated rings. The van der Waals surface area contributed by atoms with E-state index < -0.39 is 0 Å². The van der Waals surface area contributed by atoms with Gasteiger partial charge in [0.1, 0.15) is 24.3 Å². The number of rotatable bonds is 12. The van der Waals surface area contributed by atoms with Crippen LogP contribution in [-0.2, 0) is 0 Å². The molecule has 8 rings (SSSR count). The average Bonchev–Trinajstić information content (AvgIpc) is 3.93. The summed E-state index contributed by atoms with van der Waals surface area (Å²) in [5.41, 5.74) is 6.30. The lowest BCUT2D eigenvalue weighted by molar-refractivity contribution is 0.0945. The molecule has 13 nitrogen and oxygen atoms in total. The van der Waals surface area contributed by atoms with Crippen molar-refractivity contribution in [3.63, 3.8) is 0 Å². The van der Waals surface area contributed by atoms with E-state index in [0.29, 0.717) is 17.2 Å². The van der Waals surface area contributed by atoms with E-state index in [1.165, 1.54) is 5.56 Å². The molecular weight excluding hydrogens is 703 g/mol. The van der Waals surface area contributed by atoms with Gasteiger partial charge in [-0.1, -0.05) is 91.0 Å². The van der Waals surface area contributed by atoms with Crippen LogP contribution in [0.1, 0.15) is 47.4 Å². The number of fused-ring (bicyclic) bond motifs is 1. The fraction of sp³-hybridized carbons (Fsp3) is 0.140. The minimum atomic E-state index is -0.253. The minimum absolute atomic E-state index is 0.0668. The van der Waals surface area contributed by atoms with Crippen molar-refractivity contribution in [1.82, 2.24) is 44.4 Å². The van der Waals surface area contributed by atoms with Gasteiger partial charge in [0.2, 0.25) is 0 Å². The number of hydrogen-bond donors (Lipinski definition) is 4. The van der Waals surface area contributed by atoms with E-state index in [-0.39, 0.29) is 31.1 Å². The van der Waals surface area contributed by atoms with Gasteiger partial charge >= 0.3 is 0 Å². The third-order valence-electron chi connectivity index (χ3n) is 8.94. The van der Waals surface area contributed by atoms with Crippen LogP contribution in [0.5, 0.6) is 0 Å². The van der Waals surface area contributed by atoms with Crippen molar-refractivity contribution >= 4 is 28.6 Å². The molecule has 4 aromatic carbocycles. The van der Waals surface area contributed by atoms with Crippen LogP contribution < -0.4 is 16.0 Å². The number of anilines is 2. The van der Waals surface area contributed by atoms with Gasteiger partial charge in [-0.05, 0) is 43.2 Å². The molecule has 0 saturated heterocycles. The van der Waals surface area contributed by atoms with Crippen molar-refractivity contribution in [2.24, 2.45) is 0 Å². The Morgan fingerprint density at radius 1 is 0.696 bits per heavy atom. The number of carbonyl (C=O) groups is 1. The molecular formula is C43H41N11O2. The highest BCUT2D eigenvalue weighted by Gasteiger charge is 2.13. The highest BCUT2D eigenvalue weighted by atomic mass is 16.3. The topological polar surface area (TPSA) is 161 Å². The van der Waals surface area contributed by atoms with Gasteiger partial charge in [0.15, 0.2) is 11.6 Å². The van der Waals surface area contributed by atoms with E-state index >= 15 is 0 Å². The number of aliphatic hydroxyl groups excluding tert-OH is 1. The standard InChI is InChI=1S/C22H22N6O2.C21H19N5/c1-15(16-5-3-2-4-6-16)26-20-12-23-13-21(27-20)28-14-25-18-8-7-17(11-19(18)28)22(30)24-9-10-29;1-16(17-8-4-2-5-9-17)24-20-12-22-13-21(25-20)26-14-19(23-15-26)18-10-6-3-7-11-18/h2-8,11-15,29H,9-10H2,1H3,(H,24,30)(H,26,27);2-16H,1H3,(H,24,25)/t15-;16-/m01/s1. The Morgan fingerprint density at radius 3 is 1.91 bits per heavy atom. The number of nitrogens with zero attached hydrogens (tertiary/aromatic N) is 8. The molecule has 4 N–H and O–H groups in total. The van der Waals surface area contributed by atoms with Crippen molar-refractivity contribution in [2.75, 3.05) is 23.8 Å². The SMILES string of the molecule is C[C@@H](Nc1cncc(-n2cnc(-c3ccccc3)c2)n1)c1ccccc1.C[C@H](Nc1cncc(-n2cnc3ccc(C(=O)NCCO)cc32)n1)c1ccccc1. The highest BCUT2D eigenvalue weighted by Crippen LogP contribution is 2.23. The quantitative estimate of drug-likeness (QED) is 0.101. The van der Waals surface area contributed by atoms with Gasteiger partial charge in [-0.2, -0.15) is 0 Å². The van der Waals surface area contributed by atoms with Gasteiger partial charge < -0.3 is 21.1 Å². The molecule has 4 aromatic heterocycles. The third kappa shape index (κ3) is 9.09. The molecule has 0 aliphatic rings. The van der Waals surface area contributed by atoms with Crippen molar-refractivity contribution in [2.45, 2.75) is 25.9 Å². The average molecular weight is 744 g/mol. The van der Waals surface area contributed by atoms with Crippen LogP contribution in [0.4, 0.5) is 11.6 Å². The van der Waals surface area contributed by atoms with Crippen molar-refractivity contribution in [3.05, 3.63) is 170 Å². The second kappa shape index (κ2) is 17.7. The monoisotopic (exact) mass is 743 g/mol. The lowest BCUT2D eigenvalue weighted by atomic mass is 10.1. The fourth-order valence-corrected chi connectivity index (χ4v) is 5.99. The van der Waals surface area contributed by atoms with Crippen LogP contribution >= 0.6 is 0 Å². The maximum Gasteiger partial charge on any atom is 0.251 e. The molecule has 13 heteroatoms. The molecule has 1 amide bonds. The second-order valence-electron chi connectivity index (χ2n) is 12.9. The zero-order valence-corrected chi connectivity index (χ0v) is 30.9. The lowest BCUT2D eigenvalue weighted by Gasteiger charge is -2.15. The van der Waals surface area contributed by atoms with Gasteiger partial charge in [0.25, 0.3) is 5.91 Å². The second-order valence-corrected chi connectivity index (χ2v) is 12.9. The summed E-state index contributed by atoms with van der Waals surface area (Å²) < 4.78 is 3.68. The van der Waals surface area contributed by atoms with Crippen LogP contribution in [0.2, 0.25) is 0 Å². The Labute approximate surface area is 324 Å². The maximum atomic E-state index is 12.2. The van der Waals surface area contributed by atoms with Crippen LogP contribution in [0.25, 0.3) is 33.9 Å². The molecule has 0 aliphatic carbocycles. The summed E-state index contributed by atoms with van der Waals surface area (Å²) in [5, 5.41) is 18.3. The zero-order chi connectivity index (χ0) is 38.7. The van der Waals surface area contributed by atoms with Crippen molar-refractivity contribution in [3.8, 4) is 22.9 Å². The van der Waals surface area contributed by atoms with E-state index in [9.17, 15) is 4.79 Å². The van der Waals surface area contributed by atoms with E-state index in [2.05, 4.69) is 84.0 Å². The van der Waals surface area contributed by atoms with E-state index in [1.54, 1.807) is 60.2 Å². The Bertz CT molecular complexity index is 2490. The molecule has 0 radical (unpaired) electrons. The number of amides is 1. The van der Waals surface area contributed by atoms with Gasteiger partial charge in [-0.25, -0.2) is 19.9 Å². The van der Waals surface area contributed by atoms with E-state index in [4.69, 9.17) is 5.11 Å². The zero-order valence-electron chi connectivity index (χ0n) is 30.9. The Morgan fingerprint density at radius 2 is 1.29 bits per heavy atom. The number of carbonyl (C=O) groups excluding carboxylic acids is 1. The van der Waals surface area contributed by atoms with E-state index in [1.807, 2.05) is 77.5 Å². The van der Waals surface area contributed by atoms with Crippen LogP contribution in [-0.4, -0.2) is 63.2 Å². The molecule has 0 spiro atoms. The number of aliphatic hydroxyl groups is 1. The molecule has 0 bridgehead atoms. The fourth-order valence-electron chi connectivity index (χ4n) is 5.99. The molecule has 56 heavy (non-hydrogen) atoms. The molecule has 0 aliphatic heterocycles. The van der Waals surface area contributed by atoms with Gasteiger partial charge in [0.05, 0.1) is 48.1 Å². The number of nitrogens with one attached hydrogen (secondary N) is 3. The first-order chi connectivity index (χ1) is 27.4. The summed E-state index contributed by atoms with van der Waals surface area (Å²) in [6.45, 7) is 4.26. The summed E-state index contributed by atoms with van der Waals surface area (Å²) in [6.07, 6.45) is 12.2. The van der Waals surface area contributed by atoms with Crippen LogP contribution in [0, 0.1) is 0 Å². The Kier molecular flexibility index (Phi) is 11.7. The largest absolute Gasteiger partial charge is 0.395 e. The van der Waals surface area contributed by atoms with Crippen molar-refractivity contribution < 1.29 is 9.90 Å². The predicted octanol–water partition coefficient (Wildman–Crippen LogP) is 7.21. The smallest absolute Gasteiger partial charge is 0.251 e. The first kappa shape index (κ1) is 37.1. The van der Waals surface area contributed by atoms with Crippen molar-refractivity contribution in [1.29, 1.82) is 0 Å². The van der Waals surface area contributed by atoms with Gasteiger partial charge in [0, 0.05) is 36.0 Å². The number of imidazole rings is 2. The van der Waals surface area contributed by atoms with Gasteiger partial charge in [-0.15, -0.1) is 0 Å². The molecule has 8 aromatic rings. The normalized spacial score (nSPS) is 11.9. The summed E-state index contributed by atoms with van der Waals surface area (Å²) in [6, 6.07) is 35.9. The number of aromatic nitrogens is 8. The number of hydrogen-bond acceptors (Lipinski definition) is 10. The van der Waals surface area contributed by atoms with Gasteiger partial charge in [-0.3, -0.25) is 23.9 Å². The summed E-state index contributed by atoms with van der Waals surface area (Å²) in [5.74, 6) is 2.44. The Hall–Kier alpha value is -7.25. The third-order valence-corrected chi connectivity index (χ3v) is 8.94. The lowest BCUT2D eigenvalue weighted by Crippen LogP contribution is -2.26. The molecule has 0 saturated carbocycles. The molecule has 4 heterocycles. The number of benzene rings is 4. The molecule has 280 valence electrons. The van der Waals surface area contributed by atoms with Crippen LogP contribution in [0.3, 0.4) is 0 Å². The summed E-state index contributed by atoms with van der Waals surface area (Å²) in [7, 11) is 0. The van der Waals surface area contributed by atoms with Crippen LogP contribution in [0.15, 0.2) is 153 Å². The minimum Gasteiger partial charge on any atom is -0.395 e. The predicted molar refractivity (Wildman–Crippen MR) is 218 cm³/mol. The summed E-state index contributed by atoms with van der Waals surface area (Å²) >= 11 is 0. The maximum absolute atomic E-state index is 12.2. The summed E-state index contributed by atoms with van der Waals surface area (Å²) in [4.78, 5) is 39.1. The molecule has 0 unspecified atom stereocenters. The van der Waals surface area contributed by atoms with E-state index in [0.717, 1.165) is 39.5 Å². The first-order valence-electron chi connectivity index (χ1n) is 18.2. The Balaban J connectivity index is 0.000000173. The molecule has 2 atom stereocenters. The highest BCUT2D eigenvalue weighted by molar-refractivity contribution is 5.97. The first-order valence-corrected chi connectivity index (χ1v) is 18.2.